The first-order chi connectivity index (χ1) is 13.8. The highest BCUT2D eigenvalue weighted by Gasteiger charge is 2.42. The summed E-state index contributed by atoms with van der Waals surface area (Å²) in [5.74, 6) is 1.21. The quantitative estimate of drug-likeness (QED) is 0.540. The first-order valence-electron chi connectivity index (χ1n) is 8.64. The van der Waals surface area contributed by atoms with Crippen LogP contribution in [0.2, 0.25) is 0 Å². The fraction of sp³-hybridized carbons (Fsp3) is 0.150. The third kappa shape index (κ3) is 2.48. The van der Waals surface area contributed by atoms with Crippen molar-refractivity contribution in [2.45, 2.75) is 12.0 Å². The van der Waals surface area contributed by atoms with E-state index >= 15 is 0 Å². The Bertz CT molecular complexity index is 1230. The fourth-order valence-electron chi connectivity index (χ4n) is 3.67. The van der Waals surface area contributed by atoms with Crippen molar-refractivity contribution in [1.82, 2.24) is 18.9 Å². The van der Waals surface area contributed by atoms with Crippen LogP contribution in [0.4, 0.5) is 5.82 Å². The number of ether oxygens (including phenoxy) is 1. The minimum Gasteiger partial charge on any atom is -0.497 e. The van der Waals surface area contributed by atoms with Crippen LogP contribution >= 0.6 is 11.7 Å². The van der Waals surface area contributed by atoms with Crippen molar-refractivity contribution in [1.29, 1.82) is 0 Å². The molecule has 2 aromatic heterocycles. The summed E-state index contributed by atoms with van der Waals surface area (Å²) in [6.45, 7) is 7.96. The van der Waals surface area contributed by atoms with Gasteiger partial charge in [-0.05, 0) is 35.9 Å². The van der Waals surface area contributed by atoms with Gasteiger partial charge in [-0.25, -0.2) is 11.6 Å². The van der Waals surface area contributed by atoms with Crippen LogP contribution in [-0.4, -0.2) is 37.8 Å². The molecule has 1 aliphatic rings. The second-order valence-corrected chi connectivity index (χ2v) is 6.96. The van der Waals surface area contributed by atoms with Gasteiger partial charge in [-0.15, -0.1) is 0 Å². The van der Waals surface area contributed by atoms with E-state index in [1.165, 1.54) is 11.7 Å². The summed E-state index contributed by atoms with van der Waals surface area (Å²) in [6.07, 6.45) is 1.76. The van der Waals surface area contributed by atoms with Crippen LogP contribution in [-0.2, 0) is 0 Å². The van der Waals surface area contributed by atoms with E-state index in [0.29, 0.717) is 11.5 Å². The molecule has 0 amide bonds. The second-order valence-electron chi connectivity index (χ2n) is 6.43. The van der Waals surface area contributed by atoms with Gasteiger partial charge in [-0.2, -0.15) is 13.8 Å². The molecule has 8 heteroatoms. The van der Waals surface area contributed by atoms with Crippen LogP contribution < -0.4 is 4.74 Å². The largest absolute Gasteiger partial charge is 0.497 e. The van der Waals surface area contributed by atoms with Crippen molar-refractivity contribution in [3.8, 4) is 5.75 Å². The van der Waals surface area contributed by atoms with Gasteiger partial charge in [0.1, 0.15) is 22.5 Å². The molecule has 4 aromatic rings. The maximum absolute atomic E-state index is 7.96. The first-order valence-corrected chi connectivity index (χ1v) is 9.37. The molecule has 2 unspecified atom stereocenters. The predicted octanol–water partition coefficient (Wildman–Crippen LogP) is 3.98. The zero-order chi connectivity index (χ0) is 19.1. The van der Waals surface area contributed by atoms with E-state index in [4.69, 9.17) is 16.3 Å². The lowest BCUT2D eigenvalue weighted by atomic mass is 9.80. The Morgan fingerprint density at radius 3 is 2.75 bits per heavy atom. The summed E-state index contributed by atoms with van der Waals surface area (Å²) < 4.78 is 14.1. The molecular formula is C20H14N6OS. The first kappa shape index (κ1) is 16.6. The summed E-state index contributed by atoms with van der Waals surface area (Å²) in [7, 11) is 1.63. The lowest BCUT2D eigenvalue weighted by Crippen LogP contribution is -2.29. The lowest BCUT2D eigenvalue weighted by molar-refractivity contribution is 0.415. The molecule has 0 aliphatic carbocycles. The van der Waals surface area contributed by atoms with E-state index < -0.39 is 6.04 Å². The van der Waals surface area contributed by atoms with E-state index in [-0.39, 0.29) is 5.92 Å². The van der Waals surface area contributed by atoms with E-state index in [1.54, 1.807) is 13.3 Å². The van der Waals surface area contributed by atoms with Gasteiger partial charge < -0.3 is 9.58 Å². The number of rotatable bonds is 3. The highest BCUT2D eigenvalue weighted by molar-refractivity contribution is 7.00. The minimum atomic E-state index is -0.495. The van der Waals surface area contributed by atoms with E-state index in [2.05, 4.69) is 23.8 Å². The number of methoxy groups -OCH3 is 1. The lowest BCUT2D eigenvalue weighted by Gasteiger charge is -2.24. The Labute approximate surface area is 164 Å². The molecule has 0 spiro atoms. The van der Waals surface area contributed by atoms with Crippen molar-refractivity contribution < 1.29 is 4.74 Å². The van der Waals surface area contributed by atoms with Crippen molar-refractivity contribution >= 4 is 34.3 Å². The van der Waals surface area contributed by atoms with Crippen LogP contribution in [0.5, 0.6) is 5.75 Å². The molecule has 5 rings (SSSR count). The molecule has 28 heavy (non-hydrogen) atoms. The number of fused-ring (bicyclic) bond motifs is 2. The second kappa shape index (κ2) is 6.55. The Kier molecular flexibility index (Phi) is 3.88. The number of aromatic amines is 1. The van der Waals surface area contributed by atoms with E-state index in [1.807, 2.05) is 42.5 Å². The van der Waals surface area contributed by atoms with Crippen molar-refractivity contribution in [3.05, 3.63) is 76.8 Å². The Hall–Kier alpha value is -3.57. The normalized spacial score (nSPS) is 18.4. The third-order valence-electron chi connectivity index (χ3n) is 4.99. The molecule has 1 aliphatic heterocycles. The van der Waals surface area contributed by atoms with Gasteiger partial charge >= 0.3 is 0 Å². The van der Waals surface area contributed by atoms with Crippen LogP contribution in [0.1, 0.15) is 22.6 Å². The monoisotopic (exact) mass is 386 g/mol. The molecular weight excluding hydrogens is 372 g/mol. The summed E-state index contributed by atoms with van der Waals surface area (Å²) in [4.78, 5) is 8.71. The number of aromatic nitrogens is 4. The van der Waals surface area contributed by atoms with E-state index in [9.17, 15) is 0 Å². The molecule has 0 saturated heterocycles. The molecule has 3 heterocycles. The molecule has 0 bridgehead atoms. The molecule has 136 valence electrons. The minimum absolute atomic E-state index is 0.228. The number of nitrogens with zero attached hydrogens (tertiary/aromatic N) is 5. The van der Waals surface area contributed by atoms with Crippen molar-refractivity contribution in [3.63, 3.8) is 0 Å². The van der Waals surface area contributed by atoms with Gasteiger partial charge in [0, 0.05) is 11.1 Å². The number of benzene rings is 2. The highest BCUT2D eigenvalue weighted by Crippen LogP contribution is 2.42. The fourth-order valence-corrected chi connectivity index (χ4v) is 4.23. The Morgan fingerprint density at radius 1 is 1.11 bits per heavy atom. The maximum atomic E-state index is 7.96. The molecule has 0 saturated carbocycles. The smallest absolute Gasteiger partial charge is 0.276 e. The average Bonchev–Trinajstić information content (AvgIpc) is 3.41. The molecule has 2 atom stereocenters. The standard InChI is InChI=1S/C20H14N6OS/c1-21-19-16(13-4-3-5-15-18(13)26-28-25-15)14-10-22-24-20(14)23-17(19)11-6-8-12(27-2)9-7-11/h3-10,16,19H,2H3,(H,22,24). The summed E-state index contributed by atoms with van der Waals surface area (Å²) >= 11 is 1.18. The van der Waals surface area contributed by atoms with Crippen LogP contribution in [0, 0.1) is 6.57 Å². The zero-order valence-electron chi connectivity index (χ0n) is 14.8. The van der Waals surface area contributed by atoms with Gasteiger partial charge in [-0.3, -0.25) is 5.10 Å². The van der Waals surface area contributed by atoms with Crippen LogP contribution in [0.3, 0.4) is 0 Å². The average molecular weight is 386 g/mol. The van der Waals surface area contributed by atoms with Crippen molar-refractivity contribution in [2.75, 3.05) is 7.11 Å². The number of hydrogen-bond acceptors (Lipinski definition) is 6. The van der Waals surface area contributed by atoms with E-state index in [0.717, 1.165) is 33.5 Å². The van der Waals surface area contributed by atoms with Crippen LogP contribution in [0.25, 0.3) is 15.9 Å². The molecule has 0 radical (unpaired) electrons. The van der Waals surface area contributed by atoms with Gasteiger partial charge in [0.2, 0.25) is 0 Å². The molecule has 2 aromatic carbocycles. The summed E-state index contributed by atoms with van der Waals surface area (Å²) in [6, 6.07) is 13.0. The van der Waals surface area contributed by atoms with Gasteiger partial charge in [0.05, 0.1) is 31.0 Å². The Balaban J connectivity index is 1.71. The predicted molar refractivity (Wildman–Crippen MR) is 107 cm³/mol. The van der Waals surface area contributed by atoms with Gasteiger partial charge in [0.25, 0.3) is 6.04 Å². The number of nitrogens with one attached hydrogen (secondary N) is 1. The zero-order valence-corrected chi connectivity index (χ0v) is 15.6. The summed E-state index contributed by atoms with van der Waals surface area (Å²) in [5.41, 5.74) is 5.13. The van der Waals surface area contributed by atoms with Gasteiger partial charge in [-0.1, -0.05) is 12.1 Å². The summed E-state index contributed by atoms with van der Waals surface area (Å²) in [5, 5.41) is 7.15. The number of H-pyrrole nitrogens is 1. The van der Waals surface area contributed by atoms with Crippen LogP contribution in [0.15, 0.2) is 53.7 Å². The molecule has 0 fully saturated rings. The topological polar surface area (TPSA) is 80.4 Å². The maximum Gasteiger partial charge on any atom is 0.276 e. The molecule has 7 nitrogen and oxygen atoms in total. The molecule has 1 N–H and O–H groups in total. The number of aliphatic imine (C=N–C) groups is 1. The SMILES string of the molecule is [C-]#[N+]C1C(c2ccc(OC)cc2)=Nc2[nH]ncc2C1c1cccc2nsnc12. The van der Waals surface area contributed by atoms with Crippen molar-refractivity contribution in [2.24, 2.45) is 4.99 Å². The Morgan fingerprint density at radius 2 is 1.96 bits per heavy atom. The highest BCUT2D eigenvalue weighted by atomic mass is 32.1. The third-order valence-corrected chi connectivity index (χ3v) is 5.53. The number of hydrogen-bond donors (Lipinski definition) is 1. The van der Waals surface area contributed by atoms with Gasteiger partial charge in [0.15, 0.2) is 5.82 Å².